The summed E-state index contributed by atoms with van der Waals surface area (Å²) in [5.74, 6) is 0.206. The molecular weight excluding hydrogens is 274 g/mol. The maximum atomic E-state index is 11.6. The van der Waals surface area contributed by atoms with Gasteiger partial charge in [-0.2, -0.15) is 0 Å². The quantitative estimate of drug-likeness (QED) is 0.890. The Morgan fingerprint density at radius 3 is 2.50 bits per heavy atom. The van der Waals surface area contributed by atoms with Crippen LogP contribution < -0.4 is 0 Å². The molecule has 1 aromatic rings. The van der Waals surface area contributed by atoms with Gasteiger partial charge in [0.15, 0.2) is 4.67 Å². The Labute approximate surface area is 90.5 Å². The molecule has 0 atom stereocenters. The molecule has 0 unspecified atom stereocenters. The van der Waals surface area contributed by atoms with Crippen molar-refractivity contribution in [3.63, 3.8) is 0 Å². The molecule has 0 aliphatic carbocycles. The fraction of sp³-hybridized carbons (Fsp3) is 0.429. The van der Waals surface area contributed by atoms with Crippen molar-refractivity contribution in [2.75, 3.05) is 14.1 Å². The van der Waals surface area contributed by atoms with E-state index in [-0.39, 0.29) is 21.9 Å². The summed E-state index contributed by atoms with van der Waals surface area (Å²) in [6.07, 6.45) is 0. The van der Waals surface area contributed by atoms with E-state index >= 15 is 0 Å². The van der Waals surface area contributed by atoms with Gasteiger partial charge in [0, 0.05) is 20.2 Å². The fourth-order valence-electron chi connectivity index (χ4n) is 0.848. The van der Waals surface area contributed by atoms with Crippen LogP contribution in [0.5, 0.6) is 0 Å². The lowest BCUT2D eigenvalue weighted by molar-refractivity contribution is 0.245. The van der Waals surface area contributed by atoms with Crippen LogP contribution >= 0.6 is 15.9 Å². The van der Waals surface area contributed by atoms with Crippen molar-refractivity contribution in [3.8, 4) is 0 Å². The summed E-state index contributed by atoms with van der Waals surface area (Å²) in [5.41, 5.74) is 0. The number of sulfonamides is 1. The van der Waals surface area contributed by atoms with E-state index < -0.39 is 10.0 Å². The van der Waals surface area contributed by atoms with Crippen LogP contribution in [0.3, 0.4) is 0 Å². The molecule has 1 N–H and O–H groups in total. The maximum Gasteiger partial charge on any atom is 0.246 e. The summed E-state index contributed by atoms with van der Waals surface area (Å²) >= 11 is 2.98. The zero-order valence-corrected chi connectivity index (χ0v) is 10.1. The summed E-state index contributed by atoms with van der Waals surface area (Å²) in [7, 11) is -0.667. The topological polar surface area (TPSA) is 70.8 Å². The summed E-state index contributed by atoms with van der Waals surface area (Å²) in [6.45, 7) is -0.332. The van der Waals surface area contributed by atoms with E-state index in [4.69, 9.17) is 9.52 Å². The molecule has 0 fully saturated rings. The van der Waals surface area contributed by atoms with Crippen molar-refractivity contribution in [2.24, 2.45) is 0 Å². The molecule has 0 bridgehead atoms. The first kappa shape index (κ1) is 11.7. The third-order valence-electron chi connectivity index (χ3n) is 1.62. The molecule has 0 saturated carbocycles. The van der Waals surface area contributed by atoms with E-state index in [0.29, 0.717) is 0 Å². The third kappa shape index (κ3) is 2.00. The smallest absolute Gasteiger partial charge is 0.246 e. The van der Waals surface area contributed by atoms with Gasteiger partial charge in [-0.05, 0) is 15.9 Å². The molecule has 80 valence electrons. The lowest BCUT2D eigenvalue weighted by Gasteiger charge is -2.08. The number of hydrogen-bond acceptors (Lipinski definition) is 4. The molecule has 0 spiro atoms. The zero-order chi connectivity index (χ0) is 10.9. The number of hydrogen-bond donors (Lipinski definition) is 1. The van der Waals surface area contributed by atoms with Gasteiger partial charge in [0.05, 0.1) is 0 Å². The second-order valence-electron chi connectivity index (χ2n) is 2.80. The van der Waals surface area contributed by atoms with Crippen molar-refractivity contribution in [3.05, 3.63) is 16.5 Å². The Hall–Kier alpha value is -0.370. The van der Waals surface area contributed by atoms with Crippen LogP contribution in [0.15, 0.2) is 20.0 Å². The number of furan rings is 1. The molecule has 1 heterocycles. The van der Waals surface area contributed by atoms with Crippen LogP contribution in [0.2, 0.25) is 0 Å². The molecule has 0 amide bonds. The molecule has 14 heavy (non-hydrogen) atoms. The molecule has 0 saturated heterocycles. The van der Waals surface area contributed by atoms with E-state index in [1.807, 2.05) is 0 Å². The molecule has 0 aliphatic rings. The number of rotatable bonds is 3. The number of aliphatic hydroxyl groups is 1. The monoisotopic (exact) mass is 283 g/mol. The van der Waals surface area contributed by atoms with Crippen molar-refractivity contribution in [1.29, 1.82) is 0 Å². The Morgan fingerprint density at radius 1 is 1.57 bits per heavy atom. The van der Waals surface area contributed by atoms with Crippen LogP contribution in [-0.2, 0) is 16.6 Å². The lowest BCUT2D eigenvalue weighted by atomic mass is 10.5. The number of halogens is 1. The van der Waals surface area contributed by atoms with E-state index in [9.17, 15) is 8.42 Å². The second-order valence-corrected chi connectivity index (χ2v) is 5.64. The molecule has 0 radical (unpaired) electrons. The van der Waals surface area contributed by atoms with E-state index in [0.717, 1.165) is 4.31 Å². The van der Waals surface area contributed by atoms with Crippen molar-refractivity contribution < 1.29 is 17.9 Å². The average molecular weight is 284 g/mol. The fourth-order valence-corrected chi connectivity index (χ4v) is 2.70. The molecule has 5 nitrogen and oxygen atoms in total. The minimum Gasteiger partial charge on any atom is -0.450 e. The van der Waals surface area contributed by atoms with Gasteiger partial charge >= 0.3 is 0 Å². The molecule has 0 aromatic carbocycles. The first-order valence-corrected chi connectivity index (χ1v) is 5.94. The largest absolute Gasteiger partial charge is 0.450 e. The van der Waals surface area contributed by atoms with Crippen molar-refractivity contribution >= 4 is 26.0 Å². The van der Waals surface area contributed by atoms with E-state index in [2.05, 4.69) is 15.9 Å². The minimum atomic E-state index is -3.52. The molecule has 7 heteroatoms. The van der Waals surface area contributed by atoms with Gasteiger partial charge in [-0.3, -0.25) is 0 Å². The third-order valence-corrected chi connectivity index (χ3v) is 4.29. The second kappa shape index (κ2) is 4.01. The lowest BCUT2D eigenvalue weighted by Crippen LogP contribution is -2.22. The minimum absolute atomic E-state index is 0.0200. The van der Waals surface area contributed by atoms with Gasteiger partial charge < -0.3 is 9.52 Å². The first-order chi connectivity index (χ1) is 6.39. The Bertz CT molecular complexity index is 423. The zero-order valence-electron chi connectivity index (χ0n) is 7.69. The van der Waals surface area contributed by atoms with Crippen LogP contribution in [0.4, 0.5) is 0 Å². The van der Waals surface area contributed by atoms with Crippen LogP contribution in [0.25, 0.3) is 0 Å². The first-order valence-electron chi connectivity index (χ1n) is 3.71. The Morgan fingerprint density at radius 2 is 2.14 bits per heavy atom. The van der Waals surface area contributed by atoms with Crippen LogP contribution in [0, 0.1) is 0 Å². The van der Waals surface area contributed by atoms with Gasteiger partial charge in [0.25, 0.3) is 0 Å². The molecule has 1 aromatic heterocycles. The van der Waals surface area contributed by atoms with Gasteiger partial charge in [0.1, 0.15) is 17.3 Å². The molecule has 1 rings (SSSR count). The van der Waals surface area contributed by atoms with Gasteiger partial charge in [0.2, 0.25) is 10.0 Å². The summed E-state index contributed by atoms with van der Waals surface area (Å²) in [4.78, 5) is 0.0200. The van der Waals surface area contributed by atoms with Gasteiger partial charge in [-0.15, -0.1) is 0 Å². The molecular formula is C7H10BrNO4S. The normalized spacial score (nSPS) is 12.4. The SMILES string of the molecule is CN(C)S(=O)(=O)c1cc(CO)oc1Br. The summed E-state index contributed by atoms with van der Waals surface area (Å²) in [5, 5.41) is 8.76. The Kier molecular flexibility index (Phi) is 3.36. The van der Waals surface area contributed by atoms with Crippen LogP contribution in [-0.4, -0.2) is 31.9 Å². The van der Waals surface area contributed by atoms with E-state index in [1.165, 1.54) is 20.2 Å². The van der Waals surface area contributed by atoms with Gasteiger partial charge in [-0.1, -0.05) is 0 Å². The standard InChI is InChI=1S/C7H10BrNO4S/c1-9(2)14(11,12)6-3-5(4-10)13-7(6)8/h3,10H,4H2,1-2H3. The molecule has 0 aliphatic heterocycles. The highest BCUT2D eigenvalue weighted by atomic mass is 79.9. The number of aliphatic hydroxyl groups excluding tert-OH is 1. The predicted octanol–water partition coefficient (Wildman–Crippen LogP) is 0.785. The van der Waals surface area contributed by atoms with Gasteiger partial charge in [-0.25, -0.2) is 12.7 Å². The highest BCUT2D eigenvalue weighted by Gasteiger charge is 2.24. The maximum absolute atomic E-state index is 11.6. The number of nitrogens with zero attached hydrogens (tertiary/aromatic N) is 1. The van der Waals surface area contributed by atoms with Crippen LogP contribution in [0.1, 0.15) is 5.76 Å². The van der Waals surface area contributed by atoms with Crippen molar-refractivity contribution in [1.82, 2.24) is 4.31 Å². The summed E-state index contributed by atoms with van der Waals surface area (Å²) in [6, 6.07) is 1.29. The summed E-state index contributed by atoms with van der Waals surface area (Å²) < 4.78 is 29.4. The predicted molar refractivity (Wildman–Crippen MR) is 53.2 cm³/mol. The Balaban J connectivity index is 3.26. The average Bonchev–Trinajstić information content (AvgIpc) is 2.47. The highest BCUT2D eigenvalue weighted by Crippen LogP contribution is 2.27. The van der Waals surface area contributed by atoms with E-state index in [1.54, 1.807) is 0 Å². The van der Waals surface area contributed by atoms with Crippen molar-refractivity contribution in [2.45, 2.75) is 11.5 Å². The highest BCUT2D eigenvalue weighted by molar-refractivity contribution is 9.10.